The average molecular weight is 272 g/mol. The van der Waals surface area contributed by atoms with Crippen molar-refractivity contribution in [2.45, 2.75) is 50.7 Å². The van der Waals surface area contributed by atoms with E-state index in [4.69, 9.17) is 4.74 Å². The summed E-state index contributed by atoms with van der Waals surface area (Å²) in [5.41, 5.74) is -0.705. The number of rotatable bonds is 4. The molecule has 1 aliphatic rings. The SMILES string of the molecule is CC(Oc1ccccc1)C(=O)NC1(C#N)CCCCC1. The number of hydrogen-bond donors (Lipinski definition) is 1. The second-order valence-electron chi connectivity index (χ2n) is 5.32. The summed E-state index contributed by atoms with van der Waals surface area (Å²) in [5, 5.41) is 12.2. The minimum absolute atomic E-state index is 0.225. The van der Waals surface area contributed by atoms with Crippen molar-refractivity contribution in [2.75, 3.05) is 0 Å². The van der Waals surface area contributed by atoms with Crippen molar-refractivity contribution < 1.29 is 9.53 Å². The van der Waals surface area contributed by atoms with E-state index in [1.165, 1.54) is 0 Å². The van der Waals surface area contributed by atoms with E-state index in [1.807, 2.05) is 30.3 Å². The van der Waals surface area contributed by atoms with Gasteiger partial charge in [-0.05, 0) is 31.9 Å². The van der Waals surface area contributed by atoms with Gasteiger partial charge in [0.1, 0.15) is 11.3 Å². The first-order valence-electron chi connectivity index (χ1n) is 7.10. The van der Waals surface area contributed by atoms with Gasteiger partial charge in [0.15, 0.2) is 6.10 Å². The molecule has 106 valence electrons. The molecule has 0 heterocycles. The van der Waals surface area contributed by atoms with Crippen LogP contribution in [0.25, 0.3) is 0 Å². The summed E-state index contributed by atoms with van der Waals surface area (Å²) >= 11 is 0. The first kappa shape index (κ1) is 14.4. The topological polar surface area (TPSA) is 62.1 Å². The third kappa shape index (κ3) is 3.51. The lowest BCUT2D eigenvalue weighted by Crippen LogP contribution is -2.52. The average Bonchev–Trinajstić information content (AvgIpc) is 2.49. The van der Waals surface area contributed by atoms with Gasteiger partial charge in [0.05, 0.1) is 6.07 Å². The van der Waals surface area contributed by atoms with Gasteiger partial charge in [0.25, 0.3) is 5.91 Å². The minimum atomic E-state index is -0.705. The number of carbonyl (C=O) groups excluding carboxylic acids is 1. The lowest BCUT2D eigenvalue weighted by molar-refractivity contribution is -0.129. The van der Waals surface area contributed by atoms with Gasteiger partial charge in [0.2, 0.25) is 0 Å². The van der Waals surface area contributed by atoms with Gasteiger partial charge in [-0.25, -0.2) is 0 Å². The summed E-state index contributed by atoms with van der Waals surface area (Å²) in [4.78, 5) is 12.2. The number of nitrogens with zero attached hydrogens (tertiary/aromatic N) is 1. The molecule has 2 rings (SSSR count). The molecule has 0 bridgehead atoms. The molecule has 1 amide bonds. The standard InChI is InChI=1S/C16H20N2O2/c1-13(20-14-8-4-2-5-9-14)15(19)18-16(12-17)10-6-3-7-11-16/h2,4-5,8-9,13H,3,6-7,10-11H2,1H3,(H,18,19). The summed E-state index contributed by atoms with van der Waals surface area (Å²) in [6, 6.07) is 11.5. The number of carbonyl (C=O) groups is 1. The maximum atomic E-state index is 12.2. The molecule has 1 N–H and O–H groups in total. The second kappa shape index (κ2) is 6.42. The zero-order valence-corrected chi connectivity index (χ0v) is 11.8. The number of benzene rings is 1. The molecule has 20 heavy (non-hydrogen) atoms. The number of nitriles is 1. The second-order valence-corrected chi connectivity index (χ2v) is 5.32. The Balaban J connectivity index is 1.95. The van der Waals surface area contributed by atoms with Crippen LogP contribution in [0.4, 0.5) is 0 Å². The van der Waals surface area contributed by atoms with Crippen molar-refractivity contribution in [3.05, 3.63) is 30.3 Å². The van der Waals surface area contributed by atoms with Crippen LogP contribution in [0.3, 0.4) is 0 Å². The van der Waals surface area contributed by atoms with Crippen LogP contribution in [0.2, 0.25) is 0 Å². The molecule has 1 aliphatic carbocycles. The number of para-hydroxylation sites is 1. The Morgan fingerprint density at radius 2 is 1.95 bits per heavy atom. The molecular formula is C16H20N2O2. The molecule has 0 spiro atoms. The van der Waals surface area contributed by atoms with E-state index in [2.05, 4.69) is 11.4 Å². The van der Waals surface area contributed by atoms with E-state index in [9.17, 15) is 10.1 Å². The highest BCUT2D eigenvalue weighted by atomic mass is 16.5. The summed E-state index contributed by atoms with van der Waals surface area (Å²) in [7, 11) is 0. The van der Waals surface area contributed by atoms with Gasteiger partial charge in [-0.15, -0.1) is 0 Å². The van der Waals surface area contributed by atoms with E-state index in [1.54, 1.807) is 6.92 Å². The number of hydrogen-bond acceptors (Lipinski definition) is 3. The van der Waals surface area contributed by atoms with Crippen molar-refractivity contribution in [3.8, 4) is 11.8 Å². The van der Waals surface area contributed by atoms with Crippen LogP contribution in [0, 0.1) is 11.3 Å². The third-order valence-electron chi connectivity index (χ3n) is 3.71. The molecule has 1 atom stereocenters. The highest BCUT2D eigenvalue weighted by molar-refractivity contribution is 5.82. The van der Waals surface area contributed by atoms with Crippen molar-refractivity contribution in [1.82, 2.24) is 5.32 Å². The maximum absolute atomic E-state index is 12.2. The highest BCUT2D eigenvalue weighted by Gasteiger charge is 2.35. The van der Waals surface area contributed by atoms with Crippen LogP contribution < -0.4 is 10.1 Å². The Hall–Kier alpha value is -2.02. The molecule has 1 unspecified atom stereocenters. The van der Waals surface area contributed by atoms with E-state index in [0.717, 1.165) is 32.1 Å². The Morgan fingerprint density at radius 1 is 1.30 bits per heavy atom. The fourth-order valence-corrected chi connectivity index (χ4v) is 2.51. The first-order valence-corrected chi connectivity index (χ1v) is 7.10. The summed E-state index contributed by atoms with van der Waals surface area (Å²) in [6.07, 6.45) is 3.96. The van der Waals surface area contributed by atoms with Gasteiger partial charge in [0, 0.05) is 0 Å². The highest BCUT2D eigenvalue weighted by Crippen LogP contribution is 2.27. The molecular weight excluding hydrogens is 252 g/mol. The fourth-order valence-electron chi connectivity index (χ4n) is 2.51. The van der Waals surface area contributed by atoms with Crippen molar-refractivity contribution in [1.29, 1.82) is 5.26 Å². The molecule has 0 aromatic heterocycles. The van der Waals surface area contributed by atoms with E-state index in [0.29, 0.717) is 5.75 Å². The van der Waals surface area contributed by atoms with E-state index >= 15 is 0 Å². The first-order chi connectivity index (χ1) is 9.65. The zero-order chi connectivity index (χ0) is 14.4. The third-order valence-corrected chi connectivity index (χ3v) is 3.71. The van der Waals surface area contributed by atoms with Gasteiger partial charge in [-0.3, -0.25) is 4.79 Å². The van der Waals surface area contributed by atoms with E-state index in [-0.39, 0.29) is 5.91 Å². The summed E-state index contributed by atoms with van der Waals surface area (Å²) in [6.45, 7) is 1.70. The Kier molecular flexibility index (Phi) is 4.62. The normalized spacial score (nSPS) is 18.6. The van der Waals surface area contributed by atoms with Crippen molar-refractivity contribution in [3.63, 3.8) is 0 Å². The molecule has 0 aliphatic heterocycles. The van der Waals surface area contributed by atoms with Crippen LogP contribution in [0.1, 0.15) is 39.0 Å². The van der Waals surface area contributed by atoms with Crippen molar-refractivity contribution in [2.24, 2.45) is 0 Å². The van der Waals surface area contributed by atoms with Crippen LogP contribution in [-0.2, 0) is 4.79 Å². The predicted octanol–water partition coefficient (Wildman–Crippen LogP) is 2.80. The largest absolute Gasteiger partial charge is 0.481 e. The molecule has 4 heteroatoms. The number of amides is 1. The smallest absolute Gasteiger partial charge is 0.262 e. The monoisotopic (exact) mass is 272 g/mol. The van der Waals surface area contributed by atoms with Gasteiger partial charge in [-0.1, -0.05) is 37.5 Å². The molecule has 4 nitrogen and oxygen atoms in total. The molecule has 1 aromatic rings. The molecule has 1 fully saturated rings. The molecule has 1 aromatic carbocycles. The number of ether oxygens (including phenoxy) is 1. The predicted molar refractivity (Wildman–Crippen MR) is 76.1 cm³/mol. The Labute approximate surface area is 119 Å². The quantitative estimate of drug-likeness (QED) is 0.916. The Morgan fingerprint density at radius 3 is 2.55 bits per heavy atom. The Bertz CT molecular complexity index is 487. The van der Waals surface area contributed by atoms with Crippen molar-refractivity contribution >= 4 is 5.91 Å². The lowest BCUT2D eigenvalue weighted by atomic mass is 9.83. The summed E-state index contributed by atoms with van der Waals surface area (Å²) < 4.78 is 5.59. The fraction of sp³-hybridized carbons (Fsp3) is 0.500. The van der Waals surface area contributed by atoms with Crippen LogP contribution in [0.5, 0.6) is 5.75 Å². The maximum Gasteiger partial charge on any atom is 0.262 e. The molecule has 0 radical (unpaired) electrons. The van der Waals surface area contributed by atoms with Crippen LogP contribution in [-0.4, -0.2) is 17.6 Å². The van der Waals surface area contributed by atoms with Gasteiger partial charge < -0.3 is 10.1 Å². The van der Waals surface area contributed by atoms with Gasteiger partial charge in [-0.2, -0.15) is 5.26 Å². The van der Waals surface area contributed by atoms with Gasteiger partial charge >= 0.3 is 0 Å². The van der Waals surface area contributed by atoms with Crippen LogP contribution >= 0.6 is 0 Å². The molecule has 0 saturated heterocycles. The lowest BCUT2D eigenvalue weighted by Gasteiger charge is -2.32. The summed E-state index contributed by atoms with van der Waals surface area (Å²) in [5.74, 6) is 0.433. The van der Waals surface area contributed by atoms with Crippen LogP contribution in [0.15, 0.2) is 30.3 Å². The minimum Gasteiger partial charge on any atom is -0.481 e. The zero-order valence-electron chi connectivity index (χ0n) is 11.8. The van der Waals surface area contributed by atoms with E-state index < -0.39 is 11.6 Å². The molecule has 1 saturated carbocycles. The number of nitrogens with one attached hydrogen (secondary N) is 1.